The average molecular weight is 515 g/mol. The van der Waals surface area contributed by atoms with Crippen LogP contribution in [0.25, 0.3) is 0 Å². The summed E-state index contributed by atoms with van der Waals surface area (Å²) in [6.45, 7) is 6.87. The number of allylic oxidation sites excluding steroid dienone is 2. The summed E-state index contributed by atoms with van der Waals surface area (Å²) in [6.07, 6.45) is 7.71. The fourth-order valence-corrected chi connectivity index (χ4v) is 5.45. The second-order valence-electron chi connectivity index (χ2n) is 8.74. The van der Waals surface area contributed by atoms with Crippen molar-refractivity contribution in [2.45, 2.75) is 26.2 Å². The molecule has 2 bridgehead atoms. The minimum atomic E-state index is -0.104. The maximum atomic E-state index is 12.7. The van der Waals surface area contributed by atoms with Crippen LogP contribution >= 0.6 is 24.0 Å². The molecular weight excluding hydrogens is 481 g/mol. The smallest absolute Gasteiger partial charge is 0.233 e. The lowest BCUT2D eigenvalue weighted by Crippen LogP contribution is -2.44. The summed E-state index contributed by atoms with van der Waals surface area (Å²) in [5.41, 5.74) is 0. The predicted molar refractivity (Wildman–Crippen MR) is 124 cm³/mol. The quantitative estimate of drug-likeness (QED) is 0.184. The van der Waals surface area contributed by atoms with E-state index < -0.39 is 0 Å². The number of amides is 2. The molecule has 2 saturated heterocycles. The fourth-order valence-electron chi connectivity index (χ4n) is 5.45. The van der Waals surface area contributed by atoms with Crippen molar-refractivity contribution in [2.75, 3.05) is 46.3 Å². The van der Waals surface area contributed by atoms with Crippen molar-refractivity contribution in [3.63, 3.8) is 0 Å². The molecule has 2 aliphatic carbocycles. The number of carbonyl (C=O) groups excluding carboxylic acids is 2. The monoisotopic (exact) mass is 515 g/mol. The van der Waals surface area contributed by atoms with Gasteiger partial charge < -0.3 is 15.5 Å². The normalized spacial score (nSPS) is 33.8. The maximum Gasteiger partial charge on any atom is 0.233 e. The number of nitrogens with zero attached hydrogens (tertiary/aromatic N) is 3. The van der Waals surface area contributed by atoms with Gasteiger partial charge in [0.25, 0.3) is 0 Å². The van der Waals surface area contributed by atoms with Gasteiger partial charge in [-0.1, -0.05) is 12.2 Å². The molecule has 8 heteroatoms. The van der Waals surface area contributed by atoms with Crippen LogP contribution in [0.3, 0.4) is 0 Å². The number of likely N-dealkylation sites (tertiary alicyclic amines) is 2. The second-order valence-corrected chi connectivity index (χ2v) is 8.74. The first-order valence-electron chi connectivity index (χ1n) is 10.8. The van der Waals surface area contributed by atoms with Crippen LogP contribution in [0.2, 0.25) is 0 Å². The van der Waals surface area contributed by atoms with Crippen molar-refractivity contribution in [2.24, 2.45) is 34.6 Å². The molecule has 4 rings (SSSR count). The van der Waals surface area contributed by atoms with Crippen molar-refractivity contribution < 1.29 is 9.59 Å². The van der Waals surface area contributed by atoms with E-state index in [1.165, 1.54) is 24.3 Å². The summed E-state index contributed by atoms with van der Waals surface area (Å²) in [4.78, 5) is 34.1. The van der Waals surface area contributed by atoms with Gasteiger partial charge >= 0.3 is 0 Å². The Morgan fingerprint density at radius 3 is 2.48 bits per heavy atom. The first-order chi connectivity index (χ1) is 13.6. The Balaban J connectivity index is 0.00000240. The standard InChI is InChI=1S/C21H33N5O2.HI/c1-3-22-21(24-12-14-5-4-9-25(2)13-14)23-8-10-26-19(27)17-15-6-7-16(11-15)18(17)20(26)28;/h6-7,14-18H,3-5,8-13H2,1-2H3,(H2,22,23,24);1H. The zero-order valence-electron chi connectivity index (χ0n) is 17.5. The molecule has 0 aromatic carbocycles. The lowest BCUT2D eigenvalue weighted by molar-refractivity contribution is -0.140. The highest BCUT2D eigenvalue weighted by Crippen LogP contribution is 2.52. The first-order valence-corrected chi connectivity index (χ1v) is 10.8. The lowest BCUT2D eigenvalue weighted by atomic mass is 9.85. The fraction of sp³-hybridized carbons (Fsp3) is 0.762. The molecule has 162 valence electrons. The van der Waals surface area contributed by atoms with Gasteiger partial charge in [-0.15, -0.1) is 24.0 Å². The van der Waals surface area contributed by atoms with Gasteiger partial charge in [-0.25, -0.2) is 0 Å². The van der Waals surface area contributed by atoms with Crippen LogP contribution in [0.4, 0.5) is 0 Å². The van der Waals surface area contributed by atoms with Gasteiger partial charge in [0.1, 0.15) is 0 Å². The van der Waals surface area contributed by atoms with Crippen molar-refractivity contribution in [3.05, 3.63) is 12.2 Å². The number of hydrogen-bond acceptors (Lipinski definition) is 4. The summed E-state index contributed by atoms with van der Waals surface area (Å²) in [5, 5.41) is 6.58. The van der Waals surface area contributed by atoms with Crippen molar-refractivity contribution in [1.29, 1.82) is 0 Å². The predicted octanol–water partition coefficient (Wildman–Crippen LogP) is 1.31. The summed E-state index contributed by atoms with van der Waals surface area (Å²) in [6, 6.07) is 0. The van der Waals surface area contributed by atoms with E-state index in [0.29, 0.717) is 19.0 Å². The third-order valence-electron chi connectivity index (χ3n) is 6.76. The van der Waals surface area contributed by atoms with E-state index in [2.05, 4.69) is 34.7 Å². The Labute approximate surface area is 190 Å². The number of imide groups is 1. The number of nitrogens with one attached hydrogen (secondary N) is 2. The van der Waals surface area contributed by atoms with Gasteiger partial charge in [0.2, 0.25) is 11.8 Å². The molecular formula is C21H34IN5O2. The molecule has 4 aliphatic rings. The molecule has 2 amide bonds. The molecule has 0 radical (unpaired) electrons. The number of rotatable bonds is 6. The SMILES string of the molecule is CCNC(=NCC1CCCN(C)C1)NCCN1C(=O)C2C3C=CC(C3)C2C1=O.I. The van der Waals surface area contributed by atoms with Gasteiger partial charge in [-0.2, -0.15) is 0 Å². The molecule has 2 aliphatic heterocycles. The molecule has 3 fully saturated rings. The molecule has 7 nitrogen and oxygen atoms in total. The minimum absolute atomic E-state index is 0. The van der Waals surface area contributed by atoms with Crippen LogP contribution in [0.15, 0.2) is 17.1 Å². The third kappa shape index (κ3) is 4.62. The second kappa shape index (κ2) is 9.76. The number of hydrogen-bond donors (Lipinski definition) is 2. The van der Waals surface area contributed by atoms with Gasteiger partial charge in [-0.3, -0.25) is 19.5 Å². The summed E-state index contributed by atoms with van der Waals surface area (Å²) in [5.74, 6) is 1.77. The maximum absolute atomic E-state index is 12.7. The van der Waals surface area contributed by atoms with Crippen LogP contribution in [-0.2, 0) is 9.59 Å². The van der Waals surface area contributed by atoms with Crippen molar-refractivity contribution in [3.8, 4) is 0 Å². The van der Waals surface area contributed by atoms with E-state index in [1.54, 1.807) is 0 Å². The highest BCUT2D eigenvalue weighted by molar-refractivity contribution is 14.0. The van der Waals surface area contributed by atoms with E-state index in [1.807, 2.05) is 6.92 Å². The van der Waals surface area contributed by atoms with Crippen molar-refractivity contribution >= 4 is 41.8 Å². The van der Waals surface area contributed by atoms with Gasteiger partial charge in [0.15, 0.2) is 5.96 Å². The largest absolute Gasteiger partial charge is 0.357 e. The minimum Gasteiger partial charge on any atom is -0.357 e. The topological polar surface area (TPSA) is 77.0 Å². The Kier molecular flexibility index (Phi) is 7.58. The Bertz CT molecular complexity index is 652. The molecule has 5 unspecified atom stereocenters. The molecule has 0 aromatic heterocycles. The Morgan fingerprint density at radius 1 is 1.17 bits per heavy atom. The average Bonchev–Trinajstić information content (AvgIpc) is 3.35. The van der Waals surface area contributed by atoms with Gasteiger partial charge in [-0.05, 0) is 57.5 Å². The van der Waals surface area contributed by atoms with E-state index in [0.717, 1.165) is 32.0 Å². The van der Waals surface area contributed by atoms with Gasteiger partial charge in [0.05, 0.1) is 11.8 Å². The van der Waals surface area contributed by atoms with E-state index >= 15 is 0 Å². The highest BCUT2D eigenvalue weighted by atomic mass is 127. The van der Waals surface area contributed by atoms with Crippen LogP contribution in [0, 0.1) is 29.6 Å². The number of halogens is 1. The highest BCUT2D eigenvalue weighted by Gasteiger charge is 2.58. The first kappa shape index (κ1) is 22.5. The molecule has 2 N–H and O–H groups in total. The zero-order chi connectivity index (χ0) is 19.7. The molecule has 5 atom stereocenters. The van der Waals surface area contributed by atoms with Crippen LogP contribution < -0.4 is 10.6 Å². The molecule has 1 saturated carbocycles. The molecule has 0 aromatic rings. The number of carbonyl (C=O) groups is 2. The summed E-state index contributed by atoms with van der Waals surface area (Å²) < 4.78 is 0. The molecule has 2 heterocycles. The molecule has 0 spiro atoms. The third-order valence-corrected chi connectivity index (χ3v) is 6.76. The number of aliphatic imine (C=N–C) groups is 1. The van der Waals surface area contributed by atoms with E-state index in [4.69, 9.17) is 4.99 Å². The Morgan fingerprint density at radius 2 is 1.86 bits per heavy atom. The summed E-state index contributed by atoms with van der Waals surface area (Å²) >= 11 is 0. The number of guanidine groups is 1. The van der Waals surface area contributed by atoms with Crippen LogP contribution in [0.5, 0.6) is 0 Å². The molecule has 29 heavy (non-hydrogen) atoms. The Hall–Kier alpha value is -1.16. The van der Waals surface area contributed by atoms with Crippen LogP contribution in [0.1, 0.15) is 26.2 Å². The summed E-state index contributed by atoms with van der Waals surface area (Å²) in [7, 11) is 2.17. The van der Waals surface area contributed by atoms with E-state index in [-0.39, 0.29) is 59.5 Å². The van der Waals surface area contributed by atoms with Crippen LogP contribution in [-0.4, -0.2) is 73.9 Å². The van der Waals surface area contributed by atoms with Crippen molar-refractivity contribution in [1.82, 2.24) is 20.4 Å². The lowest BCUT2D eigenvalue weighted by Gasteiger charge is -2.28. The zero-order valence-corrected chi connectivity index (χ0v) is 19.8. The van der Waals surface area contributed by atoms with E-state index in [9.17, 15) is 9.59 Å². The number of piperidine rings is 1. The number of fused-ring (bicyclic) bond motifs is 5. The van der Waals surface area contributed by atoms with Gasteiger partial charge in [0, 0.05) is 32.7 Å².